The van der Waals surface area contributed by atoms with Gasteiger partial charge in [-0.05, 0) is 25.0 Å². The van der Waals surface area contributed by atoms with Crippen LogP contribution in [0.1, 0.15) is 42.5 Å². The van der Waals surface area contributed by atoms with Crippen molar-refractivity contribution < 1.29 is 4.79 Å². The predicted octanol–water partition coefficient (Wildman–Crippen LogP) is 3.32. The molecule has 1 saturated carbocycles. The maximum absolute atomic E-state index is 10.5. The Bertz CT molecular complexity index is 317. The minimum absolute atomic E-state index is 0.656. The number of rotatable bonds is 3. The minimum atomic E-state index is 0.656. The maximum Gasteiger partial charge on any atom is 0.151 e. The summed E-state index contributed by atoms with van der Waals surface area (Å²) in [6.45, 7) is 0. The zero-order chi connectivity index (χ0) is 10.5. The van der Waals surface area contributed by atoms with Crippen LogP contribution in [0.15, 0.2) is 23.4 Å². The van der Waals surface area contributed by atoms with E-state index < -0.39 is 0 Å². The molecular weight excluding hydrogens is 206 g/mol. The molecule has 0 saturated heterocycles. The quantitative estimate of drug-likeness (QED) is 0.733. The fraction of sp³-hybridized carbons (Fsp3) is 0.500. The van der Waals surface area contributed by atoms with Crippen LogP contribution in [0.2, 0.25) is 0 Å². The Hall–Kier alpha value is -0.830. The van der Waals surface area contributed by atoms with Crippen molar-refractivity contribution in [2.24, 2.45) is 0 Å². The average Bonchev–Trinajstić information content (AvgIpc) is 2.31. The minimum Gasteiger partial charge on any atom is -0.298 e. The molecule has 15 heavy (non-hydrogen) atoms. The number of nitrogens with zero attached hydrogens (tertiary/aromatic N) is 1. The summed E-state index contributed by atoms with van der Waals surface area (Å²) in [5.74, 6) is 0. The zero-order valence-corrected chi connectivity index (χ0v) is 9.50. The van der Waals surface area contributed by atoms with E-state index in [0.29, 0.717) is 5.56 Å². The summed E-state index contributed by atoms with van der Waals surface area (Å²) in [6, 6.07) is 3.79. The first kappa shape index (κ1) is 10.7. The van der Waals surface area contributed by atoms with Crippen molar-refractivity contribution in [3.8, 4) is 0 Å². The predicted molar refractivity (Wildman–Crippen MR) is 62.4 cm³/mol. The number of thioether (sulfide) groups is 1. The van der Waals surface area contributed by atoms with Crippen LogP contribution in [-0.4, -0.2) is 16.5 Å². The SMILES string of the molecule is O=Cc1ccc(SC2CCCCC2)nc1. The van der Waals surface area contributed by atoms with E-state index in [-0.39, 0.29) is 0 Å². The van der Waals surface area contributed by atoms with E-state index >= 15 is 0 Å². The Morgan fingerprint density at radius 2 is 2.07 bits per heavy atom. The van der Waals surface area contributed by atoms with Crippen LogP contribution in [0.4, 0.5) is 0 Å². The third-order valence-electron chi connectivity index (χ3n) is 2.73. The summed E-state index contributed by atoms with van der Waals surface area (Å²) in [6.07, 6.45) is 9.19. The van der Waals surface area contributed by atoms with Gasteiger partial charge in [0, 0.05) is 17.0 Å². The Morgan fingerprint density at radius 1 is 1.27 bits per heavy atom. The van der Waals surface area contributed by atoms with Gasteiger partial charge in [0.05, 0.1) is 5.03 Å². The second-order valence-corrected chi connectivity index (χ2v) is 5.25. The van der Waals surface area contributed by atoms with Crippen LogP contribution >= 0.6 is 11.8 Å². The first-order valence-electron chi connectivity index (χ1n) is 5.46. The molecular formula is C12H15NOS. The number of aromatic nitrogens is 1. The summed E-state index contributed by atoms with van der Waals surface area (Å²) >= 11 is 1.86. The summed E-state index contributed by atoms with van der Waals surface area (Å²) in [7, 11) is 0. The van der Waals surface area contributed by atoms with Crippen molar-refractivity contribution >= 4 is 18.0 Å². The Morgan fingerprint density at radius 3 is 2.67 bits per heavy atom. The van der Waals surface area contributed by atoms with Crippen molar-refractivity contribution in [2.75, 3.05) is 0 Å². The van der Waals surface area contributed by atoms with Crippen LogP contribution in [0.5, 0.6) is 0 Å². The molecule has 2 rings (SSSR count). The van der Waals surface area contributed by atoms with E-state index in [2.05, 4.69) is 4.98 Å². The molecule has 0 unspecified atom stereocenters. The van der Waals surface area contributed by atoms with Crippen molar-refractivity contribution in [1.82, 2.24) is 4.98 Å². The highest BCUT2D eigenvalue weighted by atomic mass is 32.2. The molecule has 0 aliphatic heterocycles. The Balaban J connectivity index is 1.94. The molecule has 0 bridgehead atoms. The molecule has 1 aromatic rings. The van der Waals surface area contributed by atoms with E-state index in [1.165, 1.54) is 32.1 Å². The summed E-state index contributed by atoms with van der Waals surface area (Å²) in [5.41, 5.74) is 0.656. The second-order valence-electron chi connectivity index (χ2n) is 3.93. The number of aldehydes is 1. The second kappa shape index (κ2) is 5.31. The number of hydrogen-bond acceptors (Lipinski definition) is 3. The maximum atomic E-state index is 10.5. The van der Waals surface area contributed by atoms with E-state index in [4.69, 9.17) is 0 Å². The topological polar surface area (TPSA) is 30.0 Å². The molecule has 1 heterocycles. The molecule has 2 nitrogen and oxygen atoms in total. The summed E-state index contributed by atoms with van der Waals surface area (Å²) in [4.78, 5) is 14.7. The molecule has 0 spiro atoms. The van der Waals surface area contributed by atoms with Gasteiger partial charge in [0.2, 0.25) is 0 Å². The fourth-order valence-electron chi connectivity index (χ4n) is 1.88. The molecule has 0 N–H and O–H groups in total. The lowest BCUT2D eigenvalue weighted by Gasteiger charge is -2.20. The normalized spacial score (nSPS) is 17.6. The number of pyridine rings is 1. The van der Waals surface area contributed by atoms with Gasteiger partial charge in [0.1, 0.15) is 0 Å². The van der Waals surface area contributed by atoms with Crippen molar-refractivity contribution in [1.29, 1.82) is 0 Å². The molecule has 3 heteroatoms. The first-order valence-corrected chi connectivity index (χ1v) is 6.34. The zero-order valence-electron chi connectivity index (χ0n) is 8.69. The monoisotopic (exact) mass is 221 g/mol. The van der Waals surface area contributed by atoms with Crippen molar-refractivity contribution in [3.05, 3.63) is 23.9 Å². The highest BCUT2D eigenvalue weighted by Crippen LogP contribution is 2.32. The van der Waals surface area contributed by atoms with Gasteiger partial charge in [-0.15, -0.1) is 11.8 Å². The van der Waals surface area contributed by atoms with Gasteiger partial charge in [0.15, 0.2) is 6.29 Å². The van der Waals surface area contributed by atoms with E-state index in [9.17, 15) is 4.79 Å². The third-order valence-corrected chi connectivity index (χ3v) is 4.02. The Labute approximate surface area is 94.5 Å². The lowest BCUT2D eigenvalue weighted by Crippen LogP contribution is -2.07. The molecule has 1 aromatic heterocycles. The number of carbonyl (C=O) groups excluding carboxylic acids is 1. The van der Waals surface area contributed by atoms with E-state index in [0.717, 1.165) is 16.6 Å². The molecule has 1 aliphatic carbocycles. The van der Waals surface area contributed by atoms with Crippen molar-refractivity contribution in [2.45, 2.75) is 42.4 Å². The number of hydrogen-bond donors (Lipinski definition) is 0. The van der Waals surface area contributed by atoms with Gasteiger partial charge in [0.25, 0.3) is 0 Å². The molecule has 1 fully saturated rings. The molecule has 1 aliphatic rings. The molecule has 0 radical (unpaired) electrons. The molecule has 80 valence electrons. The highest BCUT2D eigenvalue weighted by molar-refractivity contribution is 7.99. The third kappa shape index (κ3) is 3.06. The van der Waals surface area contributed by atoms with Gasteiger partial charge in [-0.25, -0.2) is 4.98 Å². The average molecular weight is 221 g/mol. The Kier molecular flexibility index (Phi) is 3.78. The van der Waals surface area contributed by atoms with Gasteiger partial charge in [-0.3, -0.25) is 4.79 Å². The van der Waals surface area contributed by atoms with E-state index in [1.807, 2.05) is 23.9 Å². The largest absolute Gasteiger partial charge is 0.298 e. The molecule has 0 atom stereocenters. The summed E-state index contributed by atoms with van der Waals surface area (Å²) in [5, 5.41) is 1.78. The van der Waals surface area contributed by atoms with Gasteiger partial charge >= 0.3 is 0 Å². The molecule has 0 aromatic carbocycles. The highest BCUT2D eigenvalue weighted by Gasteiger charge is 2.14. The van der Waals surface area contributed by atoms with Gasteiger partial charge in [-0.1, -0.05) is 19.3 Å². The van der Waals surface area contributed by atoms with Crippen LogP contribution in [0.25, 0.3) is 0 Å². The van der Waals surface area contributed by atoms with Gasteiger partial charge < -0.3 is 0 Å². The van der Waals surface area contributed by atoms with Crippen LogP contribution in [0, 0.1) is 0 Å². The first-order chi connectivity index (χ1) is 7.38. The lowest BCUT2D eigenvalue weighted by atomic mass is 10.0. The van der Waals surface area contributed by atoms with Gasteiger partial charge in [-0.2, -0.15) is 0 Å². The van der Waals surface area contributed by atoms with Crippen molar-refractivity contribution in [3.63, 3.8) is 0 Å². The van der Waals surface area contributed by atoms with Crippen LogP contribution < -0.4 is 0 Å². The number of carbonyl (C=O) groups is 1. The van der Waals surface area contributed by atoms with E-state index in [1.54, 1.807) is 6.20 Å². The standard InChI is InChI=1S/C12H15NOS/c14-9-10-6-7-12(13-8-10)15-11-4-2-1-3-5-11/h6-9,11H,1-5H2. The fourth-order valence-corrected chi connectivity index (χ4v) is 3.06. The van der Waals surface area contributed by atoms with Crippen LogP contribution in [-0.2, 0) is 0 Å². The van der Waals surface area contributed by atoms with Crippen LogP contribution in [0.3, 0.4) is 0 Å². The smallest absolute Gasteiger partial charge is 0.151 e. The lowest BCUT2D eigenvalue weighted by molar-refractivity contribution is 0.112. The molecule has 0 amide bonds. The summed E-state index contributed by atoms with van der Waals surface area (Å²) < 4.78 is 0.